The first-order valence-electron chi connectivity index (χ1n) is 10.2. The number of hydrogen-bond acceptors (Lipinski definition) is 2. The maximum absolute atomic E-state index is 5.78. The Morgan fingerprint density at radius 3 is 2.34 bits per heavy atom. The van der Waals surface area contributed by atoms with Crippen LogP contribution >= 0.6 is 7.92 Å². The van der Waals surface area contributed by atoms with Crippen molar-refractivity contribution in [2.75, 3.05) is 18.3 Å². The Morgan fingerprint density at radius 2 is 1.66 bits per heavy atom. The van der Waals surface area contributed by atoms with Gasteiger partial charge < -0.3 is 9.64 Å². The van der Waals surface area contributed by atoms with Gasteiger partial charge in [-0.2, -0.15) is 0 Å². The molecule has 0 bridgehead atoms. The van der Waals surface area contributed by atoms with Crippen LogP contribution in [0.25, 0.3) is 11.1 Å². The Hall–Kier alpha value is -2.31. The van der Waals surface area contributed by atoms with Gasteiger partial charge in [-0.15, -0.1) is 0 Å². The summed E-state index contributed by atoms with van der Waals surface area (Å²) < 4.78 is 5.78. The minimum Gasteiger partial charge on any atom is -0.496 e. The van der Waals surface area contributed by atoms with Crippen LogP contribution < -0.4 is 14.9 Å². The van der Waals surface area contributed by atoms with Crippen molar-refractivity contribution in [1.29, 1.82) is 0 Å². The lowest BCUT2D eigenvalue weighted by atomic mass is 9.98. The second-order valence-electron chi connectivity index (χ2n) is 8.75. The topological polar surface area (TPSA) is 12.5 Å². The van der Waals surface area contributed by atoms with Gasteiger partial charge in [0.05, 0.1) is 7.11 Å². The third-order valence-electron chi connectivity index (χ3n) is 5.69. The van der Waals surface area contributed by atoms with Crippen LogP contribution in [-0.4, -0.2) is 18.6 Å². The van der Waals surface area contributed by atoms with Crippen LogP contribution in [0.1, 0.15) is 31.9 Å². The van der Waals surface area contributed by atoms with E-state index in [2.05, 4.69) is 99.3 Å². The molecule has 4 rings (SSSR count). The smallest absolute Gasteiger partial charge is 0.126 e. The zero-order valence-corrected chi connectivity index (χ0v) is 19.0. The summed E-state index contributed by atoms with van der Waals surface area (Å²) in [5.41, 5.74) is 6.60. The molecule has 150 valence electrons. The van der Waals surface area contributed by atoms with E-state index in [1.807, 2.05) is 0 Å². The SMILES string of the molecule is COc1cccc(C)c1-c1cccc2c1P(C(C)(C)C)CN2Cc1ccccc1. The van der Waals surface area contributed by atoms with E-state index >= 15 is 0 Å². The number of methoxy groups -OCH3 is 1. The predicted molar refractivity (Wildman–Crippen MR) is 127 cm³/mol. The normalized spacial score (nSPS) is 16.0. The van der Waals surface area contributed by atoms with Crippen LogP contribution in [0.4, 0.5) is 5.69 Å². The standard InChI is InChI=1S/C26H30NOP/c1-19-11-9-16-23(28-5)24(19)21-14-10-15-22-25(21)29(26(2,3)4)18-27(22)17-20-12-7-6-8-13-20/h6-16H,17-18H2,1-5H3. The Balaban J connectivity index is 1.88. The molecular formula is C26H30NOP. The van der Waals surface area contributed by atoms with Crippen molar-refractivity contribution in [1.82, 2.24) is 0 Å². The van der Waals surface area contributed by atoms with Gasteiger partial charge in [-0.3, -0.25) is 0 Å². The fourth-order valence-electron chi connectivity index (χ4n) is 4.23. The highest BCUT2D eigenvalue weighted by Gasteiger charge is 2.38. The molecule has 0 amide bonds. The zero-order valence-electron chi connectivity index (χ0n) is 18.1. The summed E-state index contributed by atoms with van der Waals surface area (Å²) in [5, 5.41) is 1.76. The number of aryl methyl sites for hydroxylation is 1. The maximum Gasteiger partial charge on any atom is 0.126 e. The largest absolute Gasteiger partial charge is 0.496 e. The van der Waals surface area contributed by atoms with E-state index in [0.29, 0.717) is 0 Å². The predicted octanol–water partition coefficient (Wildman–Crippen LogP) is 6.55. The molecule has 1 atom stereocenters. The monoisotopic (exact) mass is 403 g/mol. The van der Waals surface area contributed by atoms with Gasteiger partial charge in [-0.1, -0.05) is 75.4 Å². The maximum atomic E-state index is 5.78. The fraction of sp³-hybridized carbons (Fsp3) is 0.308. The summed E-state index contributed by atoms with van der Waals surface area (Å²) in [5.74, 6) is 0.962. The number of nitrogens with zero attached hydrogens (tertiary/aromatic N) is 1. The molecule has 0 spiro atoms. The number of ether oxygens (including phenoxy) is 1. The summed E-state index contributed by atoms with van der Waals surface area (Å²) in [6, 6.07) is 24.0. The number of benzene rings is 3. The Kier molecular flexibility index (Phi) is 5.40. The van der Waals surface area contributed by atoms with Crippen molar-refractivity contribution in [2.24, 2.45) is 0 Å². The van der Waals surface area contributed by atoms with Crippen LogP contribution in [0.15, 0.2) is 66.7 Å². The lowest BCUT2D eigenvalue weighted by Crippen LogP contribution is -2.22. The quantitative estimate of drug-likeness (QED) is 0.458. The molecule has 1 unspecified atom stereocenters. The van der Waals surface area contributed by atoms with Crippen molar-refractivity contribution in [3.63, 3.8) is 0 Å². The first-order chi connectivity index (χ1) is 13.9. The van der Waals surface area contributed by atoms with Crippen LogP contribution in [0.2, 0.25) is 0 Å². The molecule has 0 fully saturated rings. The molecule has 3 heteroatoms. The molecule has 1 aliphatic heterocycles. The molecule has 1 aliphatic rings. The average Bonchev–Trinajstić information content (AvgIpc) is 3.08. The number of anilines is 1. The molecule has 0 radical (unpaired) electrons. The van der Waals surface area contributed by atoms with Gasteiger partial charge in [0.2, 0.25) is 0 Å². The van der Waals surface area contributed by atoms with Gasteiger partial charge in [-0.25, -0.2) is 0 Å². The number of fused-ring (bicyclic) bond motifs is 1. The second kappa shape index (κ2) is 7.84. The van der Waals surface area contributed by atoms with E-state index in [0.717, 1.165) is 18.6 Å². The highest BCUT2D eigenvalue weighted by Crippen LogP contribution is 2.57. The lowest BCUT2D eigenvalue weighted by Gasteiger charge is -2.30. The summed E-state index contributed by atoms with van der Waals surface area (Å²) in [4.78, 5) is 2.58. The molecule has 0 saturated carbocycles. The Morgan fingerprint density at radius 1 is 0.931 bits per heavy atom. The van der Waals surface area contributed by atoms with Crippen molar-refractivity contribution in [3.05, 3.63) is 77.9 Å². The number of rotatable bonds is 4. The van der Waals surface area contributed by atoms with Crippen molar-refractivity contribution < 1.29 is 4.74 Å². The molecule has 0 N–H and O–H groups in total. The van der Waals surface area contributed by atoms with E-state index in [-0.39, 0.29) is 13.1 Å². The van der Waals surface area contributed by atoms with Gasteiger partial charge in [0.15, 0.2) is 0 Å². The van der Waals surface area contributed by atoms with E-state index < -0.39 is 0 Å². The highest BCUT2D eigenvalue weighted by molar-refractivity contribution is 7.68. The minimum absolute atomic E-state index is 0.238. The van der Waals surface area contributed by atoms with E-state index in [9.17, 15) is 0 Å². The molecular weight excluding hydrogens is 373 g/mol. The first kappa shape index (κ1) is 20.0. The third-order valence-corrected chi connectivity index (χ3v) is 8.94. The first-order valence-corrected chi connectivity index (χ1v) is 11.8. The van der Waals surface area contributed by atoms with Gasteiger partial charge >= 0.3 is 0 Å². The summed E-state index contributed by atoms with van der Waals surface area (Å²) >= 11 is 0. The van der Waals surface area contributed by atoms with Crippen molar-refractivity contribution in [2.45, 2.75) is 39.4 Å². The molecule has 3 aromatic rings. The van der Waals surface area contributed by atoms with Crippen molar-refractivity contribution >= 4 is 18.9 Å². The van der Waals surface area contributed by atoms with Crippen LogP contribution in [0.3, 0.4) is 0 Å². The summed E-state index contributed by atoms with van der Waals surface area (Å²) in [7, 11) is 1.43. The molecule has 29 heavy (non-hydrogen) atoms. The van der Waals surface area contributed by atoms with E-state index in [4.69, 9.17) is 4.74 Å². The third kappa shape index (κ3) is 3.79. The van der Waals surface area contributed by atoms with Crippen LogP contribution in [0, 0.1) is 6.92 Å². The van der Waals surface area contributed by atoms with Crippen LogP contribution in [-0.2, 0) is 6.54 Å². The van der Waals surface area contributed by atoms with Gasteiger partial charge in [0.1, 0.15) is 5.75 Å². The fourth-order valence-corrected chi connectivity index (χ4v) is 7.03. The number of hydrogen-bond donors (Lipinski definition) is 0. The zero-order chi connectivity index (χ0) is 20.6. The van der Waals surface area contributed by atoms with E-state index in [1.165, 1.54) is 33.2 Å². The Labute approximate surface area is 176 Å². The van der Waals surface area contributed by atoms with E-state index in [1.54, 1.807) is 7.11 Å². The van der Waals surface area contributed by atoms with Gasteiger partial charge in [0.25, 0.3) is 0 Å². The molecule has 0 saturated heterocycles. The summed E-state index contributed by atoms with van der Waals surface area (Å²) in [6.07, 6.45) is 1.11. The second-order valence-corrected chi connectivity index (χ2v) is 11.7. The van der Waals surface area contributed by atoms with Crippen LogP contribution in [0.5, 0.6) is 5.75 Å². The minimum atomic E-state index is -0.341. The molecule has 2 nitrogen and oxygen atoms in total. The molecule has 0 aliphatic carbocycles. The van der Waals surface area contributed by atoms with Crippen molar-refractivity contribution in [3.8, 4) is 16.9 Å². The molecule has 3 aromatic carbocycles. The van der Waals surface area contributed by atoms with Gasteiger partial charge in [-0.05, 0) is 48.8 Å². The highest BCUT2D eigenvalue weighted by atomic mass is 31.1. The average molecular weight is 404 g/mol. The summed E-state index contributed by atoms with van der Waals surface area (Å²) in [6.45, 7) is 10.3. The van der Waals surface area contributed by atoms with Gasteiger partial charge in [0, 0.05) is 29.4 Å². The molecule has 0 aromatic heterocycles. The molecule has 1 heterocycles. The lowest BCUT2D eigenvalue weighted by molar-refractivity contribution is 0.416. The Bertz CT molecular complexity index is 1010.